The fourth-order valence-electron chi connectivity index (χ4n) is 5.88. The second-order valence-corrected chi connectivity index (χ2v) is 10.5. The lowest BCUT2D eigenvalue weighted by Gasteiger charge is -2.32. The summed E-state index contributed by atoms with van der Waals surface area (Å²) in [5, 5.41) is 3.90. The lowest BCUT2D eigenvalue weighted by molar-refractivity contribution is 0.0662. The zero-order valence-electron chi connectivity index (χ0n) is 22.4. The van der Waals surface area contributed by atoms with Gasteiger partial charge in [-0.25, -0.2) is 4.39 Å². The number of hydrogen-bond acceptors (Lipinski definition) is 7. The number of carbonyl (C=O) groups excluding carboxylic acids is 1. The maximum absolute atomic E-state index is 15.5. The molecule has 1 N–H and O–H groups in total. The molecule has 0 spiro atoms. The molecule has 0 aliphatic carbocycles. The maximum Gasteiger partial charge on any atom is 0.259 e. The predicted molar refractivity (Wildman–Crippen MR) is 157 cm³/mol. The Hall–Kier alpha value is -4.83. The van der Waals surface area contributed by atoms with E-state index in [1.807, 2.05) is 7.05 Å². The number of rotatable bonds is 3. The number of nitrogens with zero attached hydrogens (tertiary/aromatic N) is 3. The molecule has 0 saturated carbocycles. The minimum Gasteiger partial charge on any atom is -0.451 e. The van der Waals surface area contributed by atoms with E-state index in [0.717, 1.165) is 6.07 Å². The summed E-state index contributed by atoms with van der Waals surface area (Å²) in [6, 6.07) is 10.8. The minimum atomic E-state index is -0.705. The number of carbonyl (C=O) groups is 1. The maximum atomic E-state index is 15.5. The van der Waals surface area contributed by atoms with Crippen LogP contribution in [-0.4, -0.2) is 59.9 Å². The zero-order valence-corrected chi connectivity index (χ0v) is 22.4. The SMILES string of the molecule is CCNc1c(F)cc2c(=O)c(C(=O)N3CCN(C)CC3)cn3c4cc5c(=O)c6ccccc6c(=O)c5cc4oc1c23. The molecule has 0 radical (unpaired) electrons. The number of benzene rings is 4. The van der Waals surface area contributed by atoms with Crippen LogP contribution in [0, 0.1) is 5.82 Å². The Morgan fingerprint density at radius 1 is 0.902 bits per heavy atom. The van der Waals surface area contributed by atoms with Crippen LogP contribution < -0.4 is 21.6 Å². The quantitative estimate of drug-likeness (QED) is 0.264. The molecule has 206 valence electrons. The van der Waals surface area contributed by atoms with Gasteiger partial charge < -0.3 is 23.9 Å². The largest absolute Gasteiger partial charge is 0.451 e. The highest BCUT2D eigenvalue weighted by atomic mass is 19.1. The van der Waals surface area contributed by atoms with E-state index in [1.54, 1.807) is 46.6 Å². The minimum absolute atomic E-state index is 0.0183. The van der Waals surface area contributed by atoms with Crippen molar-refractivity contribution in [3.8, 4) is 0 Å². The number of amides is 1. The molecule has 0 atom stereocenters. The van der Waals surface area contributed by atoms with Crippen LogP contribution in [0.25, 0.3) is 49.1 Å². The summed E-state index contributed by atoms with van der Waals surface area (Å²) in [5.74, 6) is -1.15. The number of piperazine rings is 1. The van der Waals surface area contributed by atoms with Crippen molar-refractivity contribution < 1.29 is 13.6 Å². The smallest absolute Gasteiger partial charge is 0.259 e. The molecular weight excluding hydrogens is 527 g/mol. The second kappa shape index (κ2) is 9.10. The molecule has 7 rings (SSSR count). The van der Waals surface area contributed by atoms with Crippen LogP contribution in [0.15, 0.2) is 67.5 Å². The van der Waals surface area contributed by atoms with Crippen molar-refractivity contribution >= 4 is 60.7 Å². The first-order chi connectivity index (χ1) is 19.8. The van der Waals surface area contributed by atoms with Crippen LogP contribution in [0.1, 0.15) is 17.3 Å². The summed E-state index contributed by atoms with van der Waals surface area (Å²) in [6.45, 7) is 4.42. The third kappa shape index (κ3) is 3.64. The summed E-state index contributed by atoms with van der Waals surface area (Å²) >= 11 is 0. The number of hydrogen-bond donors (Lipinski definition) is 1. The van der Waals surface area contributed by atoms with Crippen LogP contribution in [0.2, 0.25) is 0 Å². The Bertz CT molecular complexity index is 2250. The van der Waals surface area contributed by atoms with Gasteiger partial charge in [0, 0.05) is 60.5 Å². The Balaban J connectivity index is 1.63. The predicted octanol–water partition coefficient (Wildman–Crippen LogP) is 3.62. The van der Waals surface area contributed by atoms with E-state index in [-0.39, 0.29) is 54.9 Å². The van der Waals surface area contributed by atoms with Gasteiger partial charge in [0.05, 0.1) is 10.9 Å². The van der Waals surface area contributed by atoms with Crippen LogP contribution in [0.5, 0.6) is 0 Å². The summed E-state index contributed by atoms with van der Waals surface area (Å²) in [4.78, 5) is 58.0. The normalized spacial score (nSPS) is 14.7. The van der Waals surface area contributed by atoms with Crippen molar-refractivity contribution in [1.29, 1.82) is 0 Å². The molecule has 9 nitrogen and oxygen atoms in total. The number of anilines is 1. The summed E-state index contributed by atoms with van der Waals surface area (Å²) in [5.41, 5.74) is -0.396. The van der Waals surface area contributed by atoms with Crippen LogP contribution >= 0.6 is 0 Å². The van der Waals surface area contributed by atoms with E-state index in [0.29, 0.717) is 49.0 Å². The molecule has 0 bridgehead atoms. The second-order valence-electron chi connectivity index (χ2n) is 10.5. The number of fused-ring (bicyclic) bond motifs is 4. The van der Waals surface area contributed by atoms with E-state index < -0.39 is 17.2 Å². The zero-order chi connectivity index (χ0) is 28.6. The number of likely N-dealkylation sites (N-methyl/N-ethyl adjacent to an activating group) is 1. The van der Waals surface area contributed by atoms with Gasteiger partial charge in [-0.1, -0.05) is 24.3 Å². The molecule has 3 heterocycles. The van der Waals surface area contributed by atoms with Crippen LogP contribution in [-0.2, 0) is 0 Å². The third-order valence-corrected chi connectivity index (χ3v) is 8.05. The van der Waals surface area contributed by atoms with Crippen LogP contribution in [0.3, 0.4) is 0 Å². The molecular formula is C31H25FN4O5. The lowest BCUT2D eigenvalue weighted by atomic mass is 10.0. The van der Waals surface area contributed by atoms with Crippen LogP contribution in [0.4, 0.5) is 10.1 Å². The summed E-state index contributed by atoms with van der Waals surface area (Å²) in [7, 11) is 1.96. The van der Waals surface area contributed by atoms with Gasteiger partial charge in [-0.05, 0) is 32.2 Å². The molecule has 1 amide bonds. The van der Waals surface area contributed by atoms with Gasteiger partial charge in [-0.3, -0.25) is 19.2 Å². The molecule has 1 fully saturated rings. The molecule has 1 aliphatic heterocycles. The first-order valence-corrected chi connectivity index (χ1v) is 13.5. The van der Waals surface area contributed by atoms with E-state index in [2.05, 4.69) is 10.2 Å². The average Bonchev–Trinajstić information content (AvgIpc) is 2.98. The first-order valence-electron chi connectivity index (χ1n) is 13.5. The average molecular weight is 553 g/mol. The molecule has 4 aromatic carbocycles. The number of halogens is 1. The van der Waals surface area contributed by atoms with Gasteiger partial charge in [-0.2, -0.15) is 0 Å². The van der Waals surface area contributed by atoms with Gasteiger partial charge in [0.2, 0.25) is 5.43 Å². The van der Waals surface area contributed by atoms with Crippen molar-refractivity contribution in [1.82, 2.24) is 14.2 Å². The first kappa shape index (κ1) is 25.2. The van der Waals surface area contributed by atoms with E-state index in [9.17, 15) is 19.2 Å². The lowest BCUT2D eigenvalue weighted by Crippen LogP contribution is -2.48. The molecule has 6 aromatic rings. The Kier molecular flexibility index (Phi) is 5.58. The van der Waals surface area contributed by atoms with E-state index in [4.69, 9.17) is 4.42 Å². The van der Waals surface area contributed by atoms with E-state index in [1.165, 1.54) is 12.3 Å². The Morgan fingerprint density at radius 3 is 2.22 bits per heavy atom. The number of aromatic nitrogens is 1. The highest BCUT2D eigenvalue weighted by molar-refractivity contribution is 6.08. The number of nitrogens with one attached hydrogen (secondary N) is 1. The highest BCUT2D eigenvalue weighted by Crippen LogP contribution is 2.34. The molecule has 2 aromatic heterocycles. The molecule has 10 heteroatoms. The van der Waals surface area contributed by atoms with Gasteiger partial charge in [0.25, 0.3) is 5.91 Å². The monoisotopic (exact) mass is 552 g/mol. The summed E-state index contributed by atoms with van der Waals surface area (Å²) < 4.78 is 23.3. The van der Waals surface area contributed by atoms with E-state index >= 15 is 4.39 Å². The van der Waals surface area contributed by atoms with Gasteiger partial charge in [0.15, 0.2) is 27.8 Å². The third-order valence-electron chi connectivity index (χ3n) is 8.05. The number of pyridine rings is 1. The van der Waals surface area contributed by atoms with Gasteiger partial charge >= 0.3 is 0 Å². The molecule has 1 saturated heterocycles. The van der Waals surface area contributed by atoms with Gasteiger partial charge in [-0.15, -0.1) is 0 Å². The van der Waals surface area contributed by atoms with Crippen molar-refractivity contribution in [2.24, 2.45) is 0 Å². The van der Waals surface area contributed by atoms with Crippen molar-refractivity contribution in [3.05, 3.63) is 90.7 Å². The molecule has 1 aliphatic rings. The highest BCUT2D eigenvalue weighted by Gasteiger charge is 2.27. The Labute approximate surface area is 231 Å². The Morgan fingerprint density at radius 2 is 1.56 bits per heavy atom. The fourth-order valence-corrected chi connectivity index (χ4v) is 5.88. The fraction of sp³-hybridized carbons (Fsp3) is 0.226. The molecule has 41 heavy (non-hydrogen) atoms. The van der Waals surface area contributed by atoms with Gasteiger partial charge in [0.1, 0.15) is 16.8 Å². The molecule has 0 unspecified atom stereocenters. The van der Waals surface area contributed by atoms with Crippen molar-refractivity contribution in [2.45, 2.75) is 6.92 Å². The standard InChI is InChI=1S/C31H25FN4O5/c1-3-33-25-22(32)12-20-26-30(25)41-24-14-19-18(27(37)16-6-4-5-7-17(16)28(19)38)13-23(24)36(26)15-21(29(20)39)31(40)35-10-8-34(2)9-11-35/h4-7,12-15,33H,3,8-11H2,1-2H3. The van der Waals surface area contributed by atoms with Crippen molar-refractivity contribution in [3.63, 3.8) is 0 Å². The van der Waals surface area contributed by atoms with Crippen molar-refractivity contribution in [2.75, 3.05) is 45.1 Å². The topological polar surface area (TPSA) is 104 Å². The summed E-state index contributed by atoms with van der Waals surface area (Å²) in [6.07, 6.45) is 1.44.